The molecule has 0 spiro atoms. The van der Waals surface area contributed by atoms with Crippen molar-refractivity contribution in [3.63, 3.8) is 0 Å². The third-order valence-corrected chi connectivity index (χ3v) is 6.40. The molecule has 3 atom stereocenters. The van der Waals surface area contributed by atoms with Gasteiger partial charge >= 0.3 is 0 Å². The second-order valence-electron chi connectivity index (χ2n) is 5.71. The molecule has 0 saturated heterocycles. The van der Waals surface area contributed by atoms with Crippen molar-refractivity contribution in [1.82, 2.24) is 0 Å². The summed E-state index contributed by atoms with van der Waals surface area (Å²) in [5.41, 5.74) is 3.28. The van der Waals surface area contributed by atoms with Gasteiger partial charge in [-0.25, -0.2) is 0 Å². The predicted molar refractivity (Wildman–Crippen MR) is 85.4 cm³/mol. The largest absolute Gasteiger partial charge is 0.122 e. The van der Waals surface area contributed by atoms with Gasteiger partial charge in [-0.2, -0.15) is 0 Å². The summed E-state index contributed by atoms with van der Waals surface area (Å²) in [6.45, 7) is 4.00. The zero-order valence-corrected chi connectivity index (χ0v) is 12.9. The SMILES string of the molecule is C1=CC2Cc3ccccc3C3(CCCCC23)S1.CC. The Morgan fingerprint density at radius 2 is 2.00 bits per heavy atom. The van der Waals surface area contributed by atoms with Gasteiger partial charge in [0.25, 0.3) is 0 Å². The van der Waals surface area contributed by atoms with Gasteiger partial charge < -0.3 is 0 Å². The van der Waals surface area contributed by atoms with Gasteiger partial charge in [0.2, 0.25) is 0 Å². The second-order valence-corrected chi connectivity index (χ2v) is 6.95. The Hall–Kier alpha value is -0.690. The van der Waals surface area contributed by atoms with E-state index in [1.54, 1.807) is 11.1 Å². The molecule has 1 saturated carbocycles. The lowest BCUT2D eigenvalue weighted by atomic mass is 9.62. The maximum absolute atomic E-state index is 2.48. The molecule has 0 N–H and O–H groups in total. The van der Waals surface area contributed by atoms with Crippen LogP contribution in [-0.2, 0) is 11.2 Å². The van der Waals surface area contributed by atoms with E-state index in [0.29, 0.717) is 4.75 Å². The van der Waals surface area contributed by atoms with Crippen LogP contribution in [0.5, 0.6) is 0 Å². The molecular weight excluding hydrogens is 248 g/mol. The molecule has 1 heteroatoms. The Labute approximate surface area is 121 Å². The lowest BCUT2D eigenvalue weighted by Gasteiger charge is -2.52. The van der Waals surface area contributed by atoms with Gasteiger partial charge in [-0.1, -0.05) is 57.0 Å². The van der Waals surface area contributed by atoms with Gasteiger partial charge in [-0.15, -0.1) is 11.8 Å². The van der Waals surface area contributed by atoms with Gasteiger partial charge in [-0.05, 0) is 47.6 Å². The van der Waals surface area contributed by atoms with E-state index in [-0.39, 0.29) is 0 Å². The third-order valence-electron chi connectivity index (χ3n) is 4.96. The summed E-state index contributed by atoms with van der Waals surface area (Å²) in [5.74, 6) is 1.72. The van der Waals surface area contributed by atoms with Crippen LogP contribution in [0.25, 0.3) is 0 Å². The molecule has 1 heterocycles. The van der Waals surface area contributed by atoms with Gasteiger partial charge in [0.15, 0.2) is 0 Å². The Morgan fingerprint density at radius 1 is 1.16 bits per heavy atom. The zero-order valence-electron chi connectivity index (χ0n) is 12.1. The first-order valence-electron chi connectivity index (χ1n) is 7.83. The van der Waals surface area contributed by atoms with Crippen molar-refractivity contribution in [2.75, 3.05) is 0 Å². The molecule has 1 aromatic carbocycles. The second kappa shape index (κ2) is 5.36. The molecule has 2 aliphatic carbocycles. The van der Waals surface area contributed by atoms with E-state index in [9.17, 15) is 0 Å². The van der Waals surface area contributed by atoms with E-state index in [4.69, 9.17) is 0 Å². The Kier molecular flexibility index (Phi) is 3.75. The highest BCUT2D eigenvalue weighted by atomic mass is 32.2. The number of thioether (sulfide) groups is 1. The number of hydrogen-bond donors (Lipinski definition) is 0. The minimum absolute atomic E-state index is 0.437. The average Bonchev–Trinajstić information content (AvgIpc) is 2.49. The standard InChI is InChI=1S/C16H18S.C2H6/c1-2-6-14-12(5-1)11-13-8-10-17-16(14)9-4-3-7-15(13)16;1-2/h1-2,5-6,8,10,13,15H,3-4,7,9,11H2;1-2H3. The molecule has 3 aliphatic rings. The van der Waals surface area contributed by atoms with Gasteiger partial charge in [0, 0.05) is 4.75 Å². The van der Waals surface area contributed by atoms with Crippen LogP contribution in [0, 0.1) is 11.8 Å². The molecule has 0 amide bonds. The monoisotopic (exact) mass is 272 g/mol. The number of allylic oxidation sites excluding steroid dienone is 1. The van der Waals surface area contributed by atoms with E-state index in [0.717, 1.165) is 11.8 Å². The summed E-state index contributed by atoms with van der Waals surface area (Å²) >= 11 is 2.11. The molecule has 3 unspecified atom stereocenters. The summed E-state index contributed by atoms with van der Waals surface area (Å²) in [5, 5.41) is 2.39. The maximum Gasteiger partial charge on any atom is 0.0485 e. The van der Waals surface area contributed by atoms with Crippen molar-refractivity contribution in [2.24, 2.45) is 11.8 Å². The van der Waals surface area contributed by atoms with Gasteiger partial charge in [-0.3, -0.25) is 0 Å². The van der Waals surface area contributed by atoms with Crippen LogP contribution in [0.4, 0.5) is 0 Å². The van der Waals surface area contributed by atoms with Crippen LogP contribution < -0.4 is 0 Å². The van der Waals surface area contributed by atoms with Crippen LogP contribution in [-0.4, -0.2) is 0 Å². The van der Waals surface area contributed by atoms with Crippen molar-refractivity contribution in [3.05, 3.63) is 46.9 Å². The molecule has 0 aromatic heterocycles. The highest BCUT2D eigenvalue weighted by molar-refractivity contribution is 8.03. The first-order chi connectivity index (χ1) is 9.40. The normalized spacial score (nSPS) is 34.6. The summed E-state index contributed by atoms with van der Waals surface area (Å²) < 4.78 is 0.437. The summed E-state index contributed by atoms with van der Waals surface area (Å²) in [6.07, 6.45) is 9.45. The fraction of sp³-hybridized carbons (Fsp3) is 0.556. The maximum atomic E-state index is 2.48. The van der Waals surface area contributed by atoms with Crippen molar-refractivity contribution < 1.29 is 0 Å². The van der Waals surface area contributed by atoms with E-state index >= 15 is 0 Å². The highest BCUT2D eigenvalue weighted by Gasteiger charge is 2.50. The van der Waals surface area contributed by atoms with Crippen LogP contribution in [0.1, 0.15) is 50.7 Å². The summed E-state index contributed by atoms with van der Waals surface area (Å²) in [6, 6.07) is 9.20. The molecule has 0 nitrogen and oxygen atoms in total. The molecule has 0 radical (unpaired) electrons. The molecule has 1 aromatic rings. The molecular formula is C18H24S. The summed E-state index contributed by atoms with van der Waals surface area (Å²) in [7, 11) is 0. The van der Waals surface area contributed by atoms with Crippen LogP contribution >= 0.6 is 11.8 Å². The van der Waals surface area contributed by atoms with Crippen LogP contribution in [0.3, 0.4) is 0 Å². The Bertz CT molecular complexity index is 476. The molecule has 19 heavy (non-hydrogen) atoms. The predicted octanol–water partition coefficient (Wildman–Crippen LogP) is 5.53. The zero-order chi connectivity index (χ0) is 13.3. The molecule has 2 bridgehead atoms. The lowest BCUT2D eigenvalue weighted by Crippen LogP contribution is -2.45. The number of benzene rings is 1. The van der Waals surface area contributed by atoms with E-state index in [1.165, 1.54) is 32.1 Å². The number of hydrogen-bond acceptors (Lipinski definition) is 1. The Morgan fingerprint density at radius 3 is 2.89 bits per heavy atom. The number of fused-ring (bicyclic) bond motifs is 1. The van der Waals surface area contributed by atoms with Crippen molar-refractivity contribution in [1.29, 1.82) is 0 Å². The van der Waals surface area contributed by atoms with Crippen molar-refractivity contribution in [2.45, 2.75) is 50.7 Å². The lowest BCUT2D eigenvalue weighted by molar-refractivity contribution is 0.198. The topological polar surface area (TPSA) is 0 Å². The van der Waals surface area contributed by atoms with E-state index in [2.05, 4.69) is 47.5 Å². The minimum Gasteiger partial charge on any atom is -0.122 e. The van der Waals surface area contributed by atoms with Gasteiger partial charge in [0.1, 0.15) is 0 Å². The van der Waals surface area contributed by atoms with E-state index < -0.39 is 0 Å². The smallest absolute Gasteiger partial charge is 0.0485 e. The van der Waals surface area contributed by atoms with Gasteiger partial charge in [0.05, 0.1) is 0 Å². The third kappa shape index (κ3) is 1.98. The molecule has 102 valence electrons. The highest BCUT2D eigenvalue weighted by Crippen LogP contribution is 2.61. The quantitative estimate of drug-likeness (QED) is 0.598. The van der Waals surface area contributed by atoms with Crippen LogP contribution in [0.15, 0.2) is 35.7 Å². The minimum atomic E-state index is 0.437. The first-order valence-corrected chi connectivity index (χ1v) is 8.71. The van der Waals surface area contributed by atoms with Crippen molar-refractivity contribution in [3.8, 4) is 0 Å². The fourth-order valence-electron chi connectivity index (χ4n) is 4.25. The molecule has 1 fully saturated rings. The average molecular weight is 272 g/mol. The van der Waals surface area contributed by atoms with Crippen molar-refractivity contribution >= 4 is 11.8 Å². The Balaban J connectivity index is 0.000000528. The number of rotatable bonds is 0. The fourth-order valence-corrected chi connectivity index (χ4v) is 5.82. The van der Waals surface area contributed by atoms with E-state index in [1.807, 2.05) is 13.8 Å². The first kappa shape index (κ1) is 13.3. The molecule has 4 rings (SSSR count). The summed E-state index contributed by atoms with van der Waals surface area (Å²) in [4.78, 5) is 0. The van der Waals surface area contributed by atoms with Crippen LogP contribution in [0.2, 0.25) is 0 Å². The molecule has 1 aliphatic heterocycles.